The maximum Gasteiger partial charge on any atom is 0.286 e. The second-order valence-corrected chi connectivity index (χ2v) is 9.44. The van der Waals surface area contributed by atoms with Gasteiger partial charge in [0.15, 0.2) is 5.82 Å². The lowest BCUT2D eigenvalue weighted by atomic mass is 10.3. The summed E-state index contributed by atoms with van der Waals surface area (Å²) in [4.78, 5) is 3.76. The van der Waals surface area contributed by atoms with E-state index in [0.717, 1.165) is 0 Å². The number of benzene rings is 2. The molecule has 0 amide bonds. The topological polar surface area (TPSA) is 156 Å². The minimum atomic E-state index is -4.12. The van der Waals surface area contributed by atoms with Crippen LogP contribution in [-0.4, -0.2) is 45.2 Å². The molecule has 13 heteroatoms. The largest absolute Gasteiger partial charge is 0.497 e. The van der Waals surface area contributed by atoms with Crippen LogP contribution in [0.1, 0.15) is 5.82 Å². The summed E-state index contributed by atoms with van der Waals surface area (Å²) in [6.45, 7) is -0.357. The monoisotopic (exact) mass is 453 g/mol. The van der Waals surface area contributed by atoms with Crippen LogP contribution in [0.4, 0.5) is 5.95 Å². The summed E-state index contributed by atoms with van der Waals surface area (Å²) >= 11 is 0. The van der Waals surface area contributed by atoms with Gasteiger partial charge in [0.2, 0.25) is 16.0 Å². The van der Waals surface area contributed by atoms with Crippen molar-refractivity contribution in [1.29, 1.82) is 0 Å². The zero-order valence-corrected chi connectivity index (χ0v) is 17.6. The molecule has 0 spiro atoms. The van der Waals surface area contributed by atoms with Crippen molar-refractivity contribution in [1.82, 2.24) is 18.9 Å². The molecule has 0 saturated heterocycles. The Balaban J connectivity index is 1.80. The fourth-order valence-corrected chi connectivity index (χ4v) is 4.60. The van der Waals surface area contributed by atoms with Gasteiger partial charge in [0.25, 0.3) is 10.0 Å². The predicted molar refractivity (Wildman–Crippen MR) is 107 cm³/mol. The molecule has 3 aromatic rings. The molecule has 1 aromatic heterocycles. The molecule has 2 aromatic carbocycles. The van der Waals surface area contributed by atoms with Crippen molar-refractivity contribution < 1.29 is 26.3 Å². The van der Waals surface area contributed by atoms with Gasteiger partial charge in [0.1, 0.15) is 11.5 Å². The molecule has 0 unspecified atom stereocenters. The average Bonchev–Trinajstić information content (AvgIpc) is 3.14. The van der Waals surface area contributed by atoms with Gasteiger partial charge in [0.05, 0.1) is 30.6 Å². The van der Waals surface area contributed by atoms with E-state index in [4.69, 9.17) is 15.2 Å². The minimum Gasteiger partial charge on any atom is -0.497 e. The third-order valence-corrected chi connectivity index (χ3v) is 7.03. The van der Waals surface area contributed by atoms with Crippen LogP contribution in [0.15, 0.2) is 58.3 Å². The standard InChI is InChI=1S/C17H19N5O6S2/c1-27-12-3-7-14(8-4-12)29(23,24)19-11-16-20-17(18)22(21-16)30(25,26)15-9-5-13(28-2)6-10-15/h3-10,19H,11H2,1-2H3,(H2,18,20,21). The second-order valence-electron chi connectivity index (χ2n) is 5.91. The zero-order chi connectivity index (χ0) is 21.9. The molecule has 0 aliphatic rings. The van der Waals surface area contributed by atoms with Crippen molar-refractivity contribution in [2.24, 2.45) is 0 Å². The van der Waals surface area contributed by atoms with Gasteiger partial charge in [-0.15, -0.1) is 9.19 Å². The third-order valence-electron chi connectivity index (χ3n) is 4.02. The highest BCUT2D eigenvalue weighted by atomic mass is 32.2. The predicted octanol–water partition coefficient (Wildman–Crippen LogP) is 0.593. The highest BCUT2D eigenvalue weighted by Crippen LogP contribution is 2.20. The molecule has 0 aliphatic carbocycles. The molecule has 0 radical (unpaired) electrons. The number of nitrogens with two attached hydrogens (primary N) is 1. The van der Waals surface area contributed by atoms with Gasteiger partial charge in [-0.25, -0.2) is 13.1 Å². The maximum atomic E-state index is 12.7. The molecule has 0 fully saturated rings. The lowest BCUT2D eigenvalue weighted by Gasteiger charge is -2.06. The lowest BCUT2D eigenvalue weighted by molar-refractivity contribution is 0.414. The van der Waals surface area contributed by atoms with Crippen LogP contribution < -0.4 is 19.9 Å². The van der Waals surface area contributed by atoms with Crippen LogP contribution in [-0.2, 0) is 26.6 Å². The molecule has 1 heterocycles. The molecule has 0 aliphatic heterocycles. The number of anilines is 1. The smallest absolute Gasteiger partial charge is 0.286 e. The van der Waals surface area contributed by atoms with E-state index in [1.54, 1.807) is 0 Å². The molecule has 160 valence electrons. The van der Waals surface area contributed by atoms with E-state index in [1.165, 1.54) is 62.8 Å². The first kappa shape index (κ1) is 21.5. The van der Waals surface area contributed by atoms with Gasteiger partial charge in [-0.3, -0.25) is 0 Å². The summed E-state index contributed by atoms with van der Waals surface area (Å²) in [6, 6.07) is 11.4. The average molecular weight is 454 g/mol. The van der Waals surface area contributed by atoms with Crippen molar-refractivity contribution in [3.8, 4) is 11.5 Å². The number of nitrogen functional groups attached to an aromatic ring is 1. The number of nitrogens with zero attached hydrogens (tertiary/aromatic N) is 3. The number of nitrogens with one attached hydrogen (secondary N) is 1. The molecule has 11 nitrogen and oxygen atoms in total. The fraction of sp³-hybridized carbons (Fsp3) is 0.176. The molecule has 3 rings (SSSR count). The summed E-state index contributed by atoms with van der Waals surface area (Å²) in [7, 11) is -5.07. The van der Waals surface area contributed by atoms with Gasteiger partial charge in [-0.1, -0.05) is 0 Å². The van der Waals surface area contributed by atoms with Crippen molar-refractivity contribution in [3.63, 3.8) is 0 Å². The van der Waals surface area contributed by atoms with Crippen molar-refractivity contribution in [2.45, 2.75) is 16.3 Å². The highest BCUT2D eigenvalue weighted by Gasteiger charge is 2.23. The number of aromatic nitrogens is 3. The van der Waals surface area contributed by atoms with E-state index in [2.05, 4.69) is 14.8 Å². The Labute approximate surface area is 173 Å². The Morgan fingerprint density at radius 1 is 0.900 bits per heavy atom. The summed E-state index contributed by atoms with van der Waals surface area (Å²) in [5.74, 6) is 0.478. The lowest BCUT2D eigenvalue weighted by Crippen LogP contribution is -2.24. The van der Waals surface area contributed by atoms with Crippen LogP contribution in [0.2, 0.25) is 0 Å². The van der Waals surface area contributed by atoms with Crippen molar-refractivity contribution in [2.75, 3.05) is 20.0 Å². The van der Waals surface area contributed by atoms with E-state index in [1.807, 2.05) is 0 Å². The molecular formula is C17H19N5O6S2. The van der Waals surface area contributed by atoms with Crippen molar-refractivity contribution >= 4 is 26.0 Å². The SMILES string of the molecule is COc1ccc(S(=O)(=O)NCc2nc(N)n(S(=O)(=O)c3ccc(OC)cc3)n2)cc1. The Bertz CT molecular complexity index is 1240. The van der Waals surface area contributed by atoms with Crippen LogP contribution in [0, 0.1) is 0 Å². The maximum absolute atomic E-state index is 12.7. The van der Waals surface area contributed by atoms with Gasteiger partial charge in [-0.2, -0.15) is 13.4 Å². The van der Waals surface area contributed by atoms with E-state index in [-0.39, 0.29) is 22.2 Å². The number of hydrogen-bond acceptors (Lipinski definition) is 9. The third kappa shape index (κ3) is 4.37. The van der Waals surface area contributed by atoms with E-state index in [9.17, 15) is 16.8 Å². The molecular weight excluding hydrogens is 434 g/mol. The van der Waals surface area contributed by atoms with Crippen LogP contribution in [0.5, 0.6) is 11.5 Å². The number of ether oxygens (including phenoxy) is 2. The Morgan fingerprint density at radius 3 is 1.90 bits per heavy atom. The van der Waals surface area contributed by atoms with E-state index < -0.39 is 26.0 Å². The van der Waals surface area contributed by atoms with E-state index >= 15 is 0 Å². The normalized spacial score (nSPS) is 11.9. The fourth-order valence-electron chi connectivity index (χ4n) is 2.45. The highest BCUT2D eigenvalue weighted by molar-refractivity contribution is 7.90. The van der Waals surface area contributed by atoms with Gasteiger partial charge < -0.3 is 15.2 Å². The molecule has 0 bridgehead atoms. The molecule has 3 N–H and O–H groups in total. The Kier molecular flexibility index (Phi) is 5.96. The molecule has 30 heavy (non-hydrogen) atoms. The van der Waals surface area contributed by atoms with Crippen LogP contribution in [0.25, 0.3) is 0 Å². The number of hydrogen-bond donors (Lipinski definition) is 2. The molecule has 0 atom stereocenters. The summed E-state index contributed by atoms with van der Waals surface area (Å²) < 4.78 is 63.1. The number of rotatable bonds is 8. The van der Waals surface area contributed by atoms with Crippen LogP contribution >= 0.6 is 0 Å². The summed E-state index contributed by atoms with van der Waals surface area (Å²) in [6.07, 6.45) is 0. The number of methoxy groups -OCH3 is 2. The summed E-state index contributed by atoms with van der Waals surface area (Å²) in [5, 5.41) is 3.84. The Hall–Kier alpha value is -3.16. The first-order chi connectivity index (χ1) is 14.2. The van der Waals surface area contributed by atoms with Gasteiger partial charge in [-0.05, 0) is 48.5 Å². The first-order valence-electron chi connectivity index (χ1n) is 8.42. The van der Waals surface area contributed by atoms with E-state index in [0.29, 0.717) is 15.6 Å². The quantitative estimate of drug-likeness (QED) is 0.498. The van der Waals surface area contributed by atoms with Crippen molar-refractivity contribution in [3.05, 3.63) is 54.4 Å². The minimum absolute atomic E-state index is 0.00144. The van der Waals surface area contributed by atoms with Crippen LogP contribution in [0.3, 0.4) is 0 Å². The van der Waals surface area contributed by atoms with Gasteiger partial charge >= 0.3 is 0 Å². The summed E-state index contributed by atoms with van der Waals surface area (Å²) in [5.41, 5.74) is 5.70. The first-order valence-corrected chi connectivity index (χ1v) is 11.3. The zero-order valence-electron chi connectivity index (χ0n) is 16.0. The number of sulfonamides is 1. The molecule has 0 saturated carbocycles. The Morgan fingerprint density at radius 2 is 1.40 bits per heavy atom. The van der Waals surface area contributed by atoms with Gasteiger partial charge in [0, 0.05) is 0 Å². The second kappa shape index (κ2) is 8.30.